The Morgan fingerprint density at radius 2 is 1.86 bits per heavy atom. The Hall–Kier alpha value is -2.00. The molecular formula is C13H16FNO6S. The average molecular weight is 333 g/mol. The molecule has 0 heterocycles. The van der Waals surface area contributed by atoms with Gasteiger partial charge in [-0.1, -0.05) is 13.8 Å². The molecule has 0 amide bonds. The molecule has 0 spiro atoms. The molecule has 7 nitrogen and oxygen atoms in total. The van der Waals surface area contributed by atoms with E-state index in [-0.39, 0.29) is 5.56 Å². The summed E-state index contributed by atoms with van der Waals surface area (Å²) in [4.78, 5) is 21.9. The van der Waals surface area contributed by atoms with Crippen LogP contribution in [0.4, 0.5) is 4.39 Å². The number of carboxylic acids is 1. The van der Waals surface area contributed by atoms with Crippen LogP contribution in [-0.2, 0) is 19.6 Å². The van der Waals surface area contributed by atoms with Crippen LogP contribution in [0.15, 0.2) is 23.1 Å². The molecule has 0 radical (unpaired) electrons. The van der Waals surface area contributed by atoms with E-state index in [1.54, 1.807) is 0 Å². The highest BCUT2D eigenvalue weighted by Gasteiger charge is 2.28. The fourth-order valence-corrected chi connectivity index (χ4v) is 3.05. The number of carboxylic acid groups (broad SMARTS) is 1. The Bertz CT molecular complexity index is 686. The van der Waals surface area contributed by atoms with E-state index in [4.69, 9.17) is 5.11 Å². The van der Waals surface area contributed by atoms with Crippen molar-refractivity contribution in [2.45, 2.75) is 24.8 Å². The number of hydrogen-bond acceptors (Lipinski definition) is 5. The topological polar surface area (TPSA) is 110 Å². The maximum Gasteiger partial charge on any atom is 0.337 e. The van der Waals surface area contributed by atoms with Gasteiger partial charge >= 0.3 is 11.9 Å². The number of aliphatic carboxylic acids is 1. The van der Waals surface area contributed by atoms with E-state index in [0.29, 0.717) is 6.07 Å². The Morgan fingerprint density at radius 3 is 2.32 bits per heavy atom. The number of hydrogen-bond donors (Lipinski definition) is 2. The second-order valence-corrected chi connectivity index (χ2v) is 6.56. The van der Waals surface area contributed by atoms with Crippen molar-refractivity contribution >= 4 is 22.0 Å². The minimum Gasteiger partial charge on any atom is -0.480 e. The van der Waals surface area contributed by atoms with Crippen molar-refractivity contribution in [1.82, 2.24) is 4.72 Å². The van der Waals surface area contributed by atoms with Crippen molar-refractivity contribution in [2.75, 3.05) is 7.11 Å². The van der Waals surface area contributed by atoms with E-state index in [1.165, 1.54) is 13.8 Å². The molecule has 0 saturated heterocycles. The molecule has 0 bridgehead atoms. The van der Waals surface area contributed by atoms with E-state index >= 15 is 0 Å². The lowest BCUT2D eigenvalue weighted by molar-refractivity contribution is -0.140. The number of halogens is 1. The van der Waals surface area contributed by atoms with Crippen LogP contribution in [0.5, 0.6) is 0 Å². The molecule has 0 fully saturated rings. The van der Waals surface area contributed by atoms with Gasteiger partial charge in [-0.05, 0) is 24.1 Å². The van der Waals surface area contributed by atoms with Crippen LogP contribution in [0, 0.1) is 11.7 Å². The SMILES string of the molecule is COC(=O)c1cc(F)cc(S(=O)(=O)NC(C(=O)O)C(C)C)c1. The van der Waals surface area contributed by atoms with Crippen molar-refractivity contribution in [3.63, 3.8) is 0 Å². The standard InChI is InChI=1S/C13H16FNO6S/c1-7(2)11(12(16)17)15-22(19,20)10-5-8(13(18)21-3)4-9(14)6-10/h4-7,11,15H,1-3H3,(H,16,17). The predicted molar refractivity (Wildman–Crippen MR) is 74.3 cm³/mol. The van der Waals surface area contributed by atoms with Crippen LogP contribution in [0.1, 0.15) is 24.2 Å². The summed E-state index contributed by atoms with van der Waals surface area (Å²) in [6.07, 6.45) is 0. The molecule has 22 heavy (non-hydrogen) atoms. The molecular weight excluding hydrogens is 317 g/mol. The first-order valence-corrected chi connectivity index (χ1v) is 7.71. The number of rotatable bonds is 6. The van der Waals surface area contributed by atoms with Crippen molar-refractivity contribution in [3.05, 3.63) is 29.6 Å². The van der Waals surface area contributed by atoms with E-state index in [1.807, 2.05) is 4.72 Å². The number of esters is 1. The molecule has 2 N–H and O–H groups in total. The third-order valence-corrected chi connectivity index (χ3v) is 4.24. The predicted octanol–water partition coefficient (Wildman–Crippen LogP) is 1.000. The summed E-state index contributed by atoms with van der Waals surface area (Å²) in [5.74, 6) is -3.75. The summed E-state index contributed by atoms with van der Waals surface area (Å²) in [5.41, 5.74) is -0.292. The number of benzene rings is 1. The molecule has 1 unspecified atom stereocenters. The van der Waals surface area contributed by atoms with E-state index in [2.05, 4.69) is 4.74 Å². The largest absolute Gasteiger partial charge is 0.480 e. The molecule has 1 rings (SSSR count). The van der Waals surface area contributed by atoms with Crippen LogP contribution < -0.4 is 4.72 Å². The van der Waals surface area contributed by atoms with Gasteiger partial charge in [-0.25, -0.2) is 17.6 Å². The zero-order valence-corrected chi connectivity index (χ0v) is 13.0. The molecule has 122 valence electrons. The smallest absolute Gasteiger partial charge is 0.337 e. The third-order valence-electron chi connectivity index (χ3n) is 2.82. The second-order valence-electron chi connectivity index (χ2n) is 4.85. The van der Waals surface area contributed by atoms with Gasteiger partial charge in [0.05, 0.1) is 17.6 Å². The van der Waals surface area contributed by atoms with Crippen LogP contribution in [0.3, 0.4) is 0 Å². The minimum absolute atomic E-state index is 0.292. The van der Waals surface area contributed by atoms with Gasteiger partial charge in [0.15, 0.2) is 0 Å². The number of methoxy groups -OCH3 is 1. The van der Waals surface area contributed by atoms with Crippen LogP contribution in [0.25, 0.3) is 0 Å². The average Bonchev–Trinajstić information content (AvgIpc) is 2.42. The lowest BCUT2D eigenvalue weighted by Crippen LogP contribution is -2.44. The quantitative estimate of drug-likeness (QED) is 0.752. The highest BCUT2D eigenvalue weighted by Crippen LogP contribution is 2.17. The van der Waals surface area contributed by atoms with Crippen molar-refractivity contribution in [1.29, 1.82) is 0 Å². The summed E-state index contributed by atoms with van der Waals surface area (Å²) in [7, 11) is -3.25. The number of ether oxygens (including phenoxy) is 1. The first kappa shape index (κ1) is 18.1. The Kier molecular flexibility index (Phi) is 5.61. The van der Waals surface area contributed by atoms with E-state index in [0.717, 1.165) is 19.2 Å². The number of carbonyl (C=O) groups excluding carboxylic acids is 1. The first-order valence-electron chi connectivity index (χ1n) is 6.22. The van der Waals surface area contributed by atoms with Crippen LogP contribution >= 0.6 is 0 Å². The molecule has 0 aromatic heterocycles. The van der Waals surface area contributed by atoms with Crippen molar-refractivity contribution < 1.29 is 32.2 Å². The van der Waals surface area contributed by atoms with Gasteiger partial charge in [0.25, 0.3) is 0 Å². The van der Waals surface area contributed by atoms with Gasteiger partial charge < -0.3 is 9.84 Å². The number of sulfonamides is 1. The fraction of sp³-hybridized carbons (Fsp3) is 0.385. The zero-order chi connectivity index (χ0) is 17.1. The normalized spacial score (nSPS) is 13.0. The van der Waals surface area contributed by atoms with E-state index in [9.17, 15) is 22.4 Å². The van der Waals surface area contributed by atoms with Gasteiger partial charge in [-0.15, -0.1) is 0 Å². The first-order chi connectivity index (χ1) is 10.1. The monoisotopic (exact) mass is 333 g/mol. The molecule has 0 saturated carbocycles. The molecule has 9 heteroatoms. The molecule has 1 aromatic carbocycles. The lowest BCUT2D eigenvalue weighted by atomic mass is 10.1. The van der Waals surface area contributed by atoms with Crippen molar-refractivity contribution in [2.24, 2.45) is 5.92 Å². The molecule has 1 atom stereocenters. The van der Waals surface area contributed by atoms with Gasteiger partial charge in [0.1, 0.15) is 11.9 Å². The number of carbonyl (C=O) groups is 2. The van der Waals surface area contributed by atoms with Gasteiger partial charge in [-0.2, -0.15) is 4.72 Å². The van der Waals surface area contributed by atoms with Gasteiger partial charge in [0.2, 0.25) is 10.0 Å². The molecule has 1 aromatic rings. The zero-order valence-electron chi connectivity index (χ0n) is 12.2. The fourth-order valence-electron chi connectivity index (χ4n) is 1.66. The highest BCUT2D eigenvalue weighted by atomic mass is 32.2. The number of nitrogens with one attached hydrogen (secondary N) is 1. The molecule has 0 aliphatic heterocycles. The van der Waals surface area contributed by atoms with Crippen molar-refractivity contribution in [3.8, 4) is 0 Å². The summed E-state index contributed by atoms with van der Waals surface area (Å²) in [6.45, 7) is 3.04. The summed E-state index contributed by atoms with van der Waals surface area (Å²) in [6, 6.07) is 1.04. The van der Waals surface area contributed by atoms with Gasteiger partial charge in [0, 0.05) is 0 Å². The van der Waals surface area contributed by atoms with Crippen LogP contribution in [0.2, 0.25) is 0 Å². The van der Waals surface area contributed by atoms with Crippen LogP contribution in [-0.4, -0.2) is 38.6 Å². The third kappa shape index (κ3) is 4.25. The maximum absolute atomic E-state index is 13.5. The maximum atomic E-state index is 13.5. The second kappa shape index (κ2) is 6.84. The lowest BCUT2D eigenvalue weighted by Gasteiger charge is -2.18. The Morgan fingerprint density at radius 1 is 1.27 bits per heavy atom. The summed E-state index contributed by atoms with van der Waals surface area (Å²) >= 11 is 0. The molecule has 0 aliphatic rings. The Balaban J connectivity index is 3.25. The van der Waals surface area contributed by atoms with Gasteiger partial charge in [-0.3, -0.25) is 4.79 Å². The van der Waals surface area contributed by atoms with E-state index < -0.39 is 44.6 Å². The minimum atomic E-state index is -4.31. The summed E-state index contributed by atoms with van der Waals surface area (Å²) in [5, 5.41) is 9.01. The molecule has 0 aliphatic carbocycles. The summed E-state index contributed by atoms with van der Waals surface area (Å²) < 4.78 is 44.2. The highest BCUT2D eigenvalue weighted by molar-refractivity contribution is 7.89. The Labute approximate surface area is 127 Å².